The second-order valence-electron chi connectivity index (χ2n) is 4.64. The van der Waals surface area contributed by atoms with Gasteiger partial charge in [0.2, 0.25) is 5.88 Å². The Bertz CT molecular complexity index is 456. The Morgan fingerprint density at radius 2 is 2.06 bits per heavy atom. The summed E-state index contributed by atoms with van der Waals surface area (Å²) in [6.07, 6.45) is 3.72. The Morgan fingerprint density at radius 1 is 1.39 bits per heavy atom. The topological polar surface area (TPSA) is 65.2 Å². The Balaban J connectivity index is 2.37. The number of amides is 1. The van der Waals surface area contributed by atoms with E-state index in [9.17, 15) is 9.18 Å². The van der Waals surface area contributed by atoms with Gasteiger partial charge in [-0.25, -0.2) is 9.37 Å². The summed E-state index contributed by atoms with van der Waals surface area (Å²) < 4.78 is 19.7. The van der Waals surface area contributed by atoms with E-state index < -0.39 is 11.6 Å². The van der Waals surface area contributed by atoms with Gasteiger partial charge < -0.3 is 10.5 Å². The summed E-state index contributed by atoms with van der Waals surface area (Å²) >= 11 is 0. The van der Waals surface area contributed by atoms with Crippen LogP contribution in [0.1, 0.15) is 48.2 Å². The molecule has 5 heteroatoms. The summed E-state index contributed by atoms with van der Waals surface area (Å²) in [5, 5.41) is 0. The van der Waals surface area contributed by atoms with E-state index in [2.05, 4.69) is 4.98 Å². The molecule has 1 aliphatic carbocycles. The van der Waals surface area contributed by atoms with E-state index in [0.717, 1.165) is 19.3 Å². The van der Waals surface area contributed by atoms with Crippen LogP contribution in [-0.4, -0.2) is 18.0 Å². The molecule has 1 aliphatic rings. The molecule has 0 spiro atoms. The minimum absolute atomic E-state index is 0.0996. The Kier molecular flexibility index (Phi) is 3.50. The number of aromatic nitrogens is 1. The number of pyridine rings is 1. The van der Waals surface area contributed by atoms with Gasteiger partial charge in [0.25, 0.3) is 5.91 Å². The van der Waals surface area contributed by atoms with Crippen molar-refractivity contribution in [2.24, 2.45) is 5.73 Å². The van der Waals surface area contributed by atoms with Gasteiger partial charge >= 0.3 is 0 Å². The highest BCUT2D eigenvalue weighted by Crippen LogP contribution is 2.40. The molecule has 1 aromatic heterocycles. The highest BCUT2D eigenvalue weighted by Gasteiger charge is 2.35. The summed E-state index contributed by atoms with van der Waals surface area (Å²) in [6, 6.07) is 3.02. The first kappa shape index (κ1) is 12.8. The maximum atomic E-state index is 14.7. The van der Waals surface area contributed by atoms with Gasteiger partial charge in [-0.15, -0.1) is 0 Å². The van der Waals surface area contributed by atoms with E-state index in [0.29, 0.717) is 18.5 Å². The van der Waals surface area contributed by atoms with Crippen LogP contribution in [0.15, 0.2) is 12.1 Å². The summed E-state index contributed by atoms with van der Waals surface area (Å²) in [4.78, 5) is 15.3. The Hall–Kier alpha value is -1.65. The lowest BCUT2D eigenvalue weighted by atomic mass is 9.83. The van der Waals surface area contributed by atoms with Crippen LogP contribution in [0.2, 0.25) is 0 Å². The minimum atomic E-state index is -1.40. The molecule has 0 aromatic carbocycles. The van der Waals surface area contributed by atoms with Gasteiger partial charge in [-0.1, -0.05) is 6.42 Å². The zero-order chi connectivity index (χ0) is 13.2. The lowest BCUT2D eigenvalue weighted by Gasteiger charge is -2.29. The van der Waals surface area contributed by atoms with Gasteiger partial charge in [0.05, 0.1) is 12.8 Å². The number of halogens is 1. The molecule has 0 atom stereocenters. The number of ether oxygens (including phenoxy) is 1. The number of carbonyl (C=O) groups is 1. The van der Waals surface area contributed by atoms with Crippen molar-refractivity contribution in [1.82, 2.24) is 4.98 Å². The van der Waals surface area contributed by atoms with Crippen LogP contribution < -0.4 is 10.5 Å². The second-order valence-corrected chi connectivity index (χ2v) is 4.64. The molecule has 1 saturated carbocycles. The first-order chi connectivity index (χ1) is 8.57. The molecule has 1 fully saturated rings. The number of primary amides is 1. The number of alkyl halides is 1. The van der Waals surface area contributed by atoms with Crippen LogP contribution in [0.25, 0.3) is 0 Å². The second kappa shape index (κ2) is 4.92. The number of nitrogens with zero attached hydrogens (tertiary/aromatic N) is 1. The Labute approximate surface area is 105 Å². The van der Waals surface area contributed by atoms with E-state index in [1.807, 2.05) is 0 Å². The number of hydrogen-bond acceptors (Lipinski definition) is 3. The fourth-order valence-corrected chi connectivity index (χ4v) is 2.40. The number of methoxy groups -OCH3 is 1. The lowest BCUT2D eigenvalue weighted by Crippen LogP contribution is -2.25. The predicted octanol–water partition coefficient (Wildman–Crippen LogP) is 2.32. The molecule has 18 heavy (non-hydrogen) atoms. The third-order valence-electron chi connectivity index (χ3n) is 3.42. The molecule has 4 nitrogen and oxygen atoms in total. The van der Waals surface area contributed by atoms with Crippen molar-refractivity contribution >= 4 is 5.91 Å². The van der Waals surface area contributed by atoms with Gasteiger partial charge in [0.15, 0.2) is 5.67 Å². The first-order valence-electron chi connectivity index (χ1n) is 6.11. The van der Waals surface area contributed by atoms with Crippen LogP contribution >= 0.6 is 0 Å². The van der Waals surface area contributed by atoms with E-state index in [-0.39, 0.29) is 11.4 Å². The van der Waals surface area contributed by atoms with Crippen molar-refractivity contribution in [2.75, 3.05) is 7.11 Å². The average molecular weight is 252 g/mol. The van der Waals surface area contributed by atoms with E-state index in [1.165, 1.54) is 19.2 Å². The number of nitrogens with two attached hydrogens (primary N) is 1. The normalized spacial score (nSPS) is 18.3. The van der Waals surface area contributed by atoms with E-state index in [1.54, 1.807) is 0 Å². The van der Waals surface area contributed by atoms with Crippen LogP contribution in [0.5, 0.6) is 5.88 Å². The first-order valence-corrected chi connectivity index (χ1v) is 6.11. The van der Waals surface area contributed by atoms with E-state index >= 15 is 0 Å². The molecule has 0 aliphatic heterocycles. The molecule has 2 rings (SSSR count). The summed E-state index contributed by atoms with van der Waals surface area (Å²) in [6.45, 7) is 0. The molecule has 1 heterocycles. The maximum absolute atomic E-state index is 14.7. The van der Waals surface area contributed by atoms with Crippen molar-refractivity contribution in [3.8, 4) is 5.88 Å². The van der Waals surface area contributed by atoms with Crippen LogP contribution in [-0.2, 0) is 5.67 Å². The van der Waals surface area contributed by atoms with Crippen molar-refractivity contribution in [1.29, 1.82) is 0 Å². The molecule has 1 aromatic rings. The van der Waals surface area contributed by atoms with Crippen LogP contribution in [0, 0.1) is 0 Å². The average Bonchev–Trinajstić information content (AvgIpc) is 2.38. The number of hydrogen-bond donors (Lipinski definition) is 1. The van der Waals surface area contributed by atoms with Gasteiger partial charge in [-0.3, -0.25) is 4.79 Å². The zero-order valence-corrected chi connectivity index (χ0v) is 10.4. The van der Waals surface area contributed by atoms with Crippen LogP contribution in [0.3, 0.4) is 0 Å². The molecule has 0 radical (unpaired) electrons. The van der Waals surface area contributed by atoms with Gasteiger partial charge in [-0.2, -0.15) is 0 Å². The summed E-state index contributed by atoms with van der Waals surface area (Å²) in [5.41, 5.74) is 4.32. The van der Waals surface area contributed by atoms with E-state index in [4.69, 9.17) is 10.5 Å². The van der Waals surface area contributed by atoms with Crippen molar-refractivity contribution in [3.05, 3.63) is 23.4 Å². The maximum Gasteiger partial charge on any atom is 0.254 e. The third kappa shape index (κ3) is 2.30. The Morgan fingerprint density at radius 3 is 2.61 bits per heavy atom. The minimum Gasteiger partial charge on any atom is -0.480 e. The largest absolute Gasteiger partial charge is 0.480 e. The van der Waals surface area contributed by atoms with Crippen molar-refractivity contribution in [3.63, 3.8) is 0 Å². The van der Waals surface area contributed by atoms with Gasteiger partial charge in [-0.05, 0) is 37.8 Å². The molecule has 0 unspecified atom stereocenters. The van der Waals surface area contributed by atoms with Gasteiger partial charge in [0.1, 0.15) is 5.56 Å². The lowest BCUT2D eigenvalue weighted by molar-refractivity contribution is 0.0972. The van der Waals surface area contributed by atoms with Crippen molar-refractivity contribution < 1.29 is 13.9 Å². The SMILES string of the molecule is COc1nc(C2(F)CCCCC2)ccc1C(N)=O. The monoisotopic (exact) mass is 252 g/mol. The fraction of sp³-hybridized carbons (Fsp3) is 0.538. The number of carbonyl (C=O) groups excluding carboxylic acids is 1. The molecule has 1 amide bonds. The molecule has 0 bridgehead atoms. The third-order valence-corrected chi connectivity index (χ3v) is 3.42. The summed E-state index contributed by atoms with van der Waals surface area (Å²) in [5.74, 6) is -0.523. The van der Waals surface area contributed by atoms with Crippen molar-refractivity contribution in [2.45, 2.75) is 37.8 Å². The summed E-state index contributed by atoms with van der Waals surface area (Å²) in [7, 11) is 1.39. The van der Waals surface area contributed by atoms with Gasteiger partial charge in [0, 0.05) is 0 Å². The zero-order valence-electron chi connectivity index (χ0n) is 10.4. The van der Waals surface area contributed by atoms with Crippen LogP contribution in [0.4, 0.5) is 4.39 Å². The highest BCUT2D eigenvalue weighted by molar-refractivity contribution is 5.95. The predicted molar refractivity (Wildman–Crippen MR) is 65.2 cm³/mol. The number of rotatable bonds is 3. The quantitative estimate of drug-likeness (QED) is 0.897. The smallest absolute Gasteiger partial charge is 0.254 e. The highest BCUT2D eigenvalue weighted by atomic mass is 19.1. The molecule has 0 saturated heterocycles. The fourth-order valence-electron chi connectivity index (χ4n) is 2.40. The molecule has 2 N–H and O–H groups in total. The molecule has 98 valence electrons. The molecular weight excluding hydrogens is 235 g/mol. The molecular formula is C13H17FN2O2. The standard InChI is InChI=1S/C13H17FN2O2/c1-18-12-9(11(15)17)5-6-10(16-12)13(14)7-3-2-4-8-13/h5-6H,2-4,7-8H2,1H3,(H2,15,17).